The minimum atomic E-state index is -0.439. The van der Waals surface area contributed by atoms with Gasteiger partial charge < -0.3 is 4.90 Å². The third-order valence-corrected chi connectivity index (χ3v) is 3.37. The van der Waals surface area contributed by atoms with Gasteiger partial charge in [0.15, 0.2) is 0 Å². The average molecular weight is 303 g/mol. The van der Waals surface area contributed by atoms with Gasteiger partial charge in [0, 0.05) is 23.1 Å². The van der Waals surface area contributed by atoms with Gasteiger partial charge in [0.05, 0.1) is 5.92 Å². The summed E-state index contributed by atoms with van der Waals surface area (Å²) in [5.74, 6) is -0.440. The number of amides is 1. The maximum atomic E-state index is 11.7. The first kappa shape index (κ1) is 11.6. The third-order valence-electron chi connectivity index (χ3n) is 2.57. The fourth-order valence-corrected chi connectivity index (χ4v) is 2.29. The molecule has 0 spiro atoms. The quantitative estimate of drug-likeness (QED) is 0.787. The normalized spacial score (nSPS) is 20.2. The Balaban J connectivity index is 2.23. The highest BCUT2D eigenvalue weighted by Gasteiger charge is 2.34. The highest BCUT2D eigenvalue weighted by Crippen LogP contribution is 2.28. The molecule has 1 aromatic carbocycles. The van der Waals surface area contributed by atoms with Crippen LogP contribution in [0.15, 0.2) is 28.7 Å². The predicted molar refractivity (Wildman–Crippen MR) is 65.5 cm³/mol. The van der Waals surface area contributed by atoms with Crippen molar-refractivity contribution in [1.82, 2.24) is 0 Å². The van der Waals surface area contributed by atoms with E-state index in [-0.39, 0.29) is 18.2 Å². The predicted octanol–water partition coefficient (Wildman–Crippen LogP) is 2.57. The number of benzene rings is 1. The first-order valence-electron chi connectivity index (χ1n) is 4.83. The Bertz CT molecular complexity index is 449. The van der Waals surface area contributed by atoms with Crippen molar-refractivity contribution in [3.05, 3.63) is 28.7 Å². The van der Waals surface area contributed by atoms with Gasteiger partial charge in [-0.05, 0) is 29.8 Å². The van der Waals surface area contributed by atoms with E-state index in [1.807, 2.05) is 24.3 Å². The Morgan fingerprint density at radius 2 is 2.25 bits per heavy atom. The third kappa shape index (κ3) is 2.28. The van der Waals surface area contributed by atoms with Gasteiger partial charge in [0.25, 0.3) is 0 Å². The molecule has 1 heterocycles. The van der Waals surface area contributed by atoms with Gasteiger partial charge in [-0.15, -0.1) is 0 Å². The van der Waals surface area contributed by atoms with E-state index in [9.17, 15) is 9.59 Å². The summed E-state index contributed by atoms with van der Waals surface area (Å²) in [6, 6.07) is 7.42. The highest BCUT2D eigenvalue weighted by molar-refractivity contribution is 9.10. The Hall–Kier alpha value is -0.870. The SMILES string of the molecule is O=C(Cl)C1CC(=O)N(c2cccc(Br)c2)C1. The summed E-state index contributed by atoms with van der Waals surface area (Å²) in [4.78, 5) is 24.3. The van der Waals surface area contributed by atoms with Crippen LogP contribution < -0.4 is 4.90 Å². The summed E-state index contributed by atoms with van der Waals surface area (Å²) < 4.78 is 0.901. The fraction of sp³-hybridized carbons (Fsp3) is 0.273. The van der Waals surface area contributed by atoms with Crippen molar-refractivity contribution < 1.29 is 9.59 Å². The first-order valence-corrected chi connectivity index (χ1v) is 6.00. The van der Waals surface area contributed by atoms with Crippen LogP contribution in [0.1, 0.15) is 6.42 Å². The van der Waals surface area contributed by atoms with E-state index in [1.54, 1.807) is 4.90 Å². The number of rotatable bonds is 2. The van der Waals surface area contributed by atoms with E-state index < -0.39 is 5.24 Å². The van der Waals surface area contributed by atoms with Gasteiger partial charge >= 0.3 is 0 Å². The molecule has 2 rings (SSSR count). The summed E-state index contributed by atoms with van der Waals surface area (Å²) in [6.45, 7) is 0.373. The van der Waals surface area contributed by atoms with Crippen LogP contribution in [-0.2, 0) is 9.59 Å². The molecule has 1 aliphatic heterocycles. The zero-order valence-corrected chi connectivity index (χ0v) is 10.7. The Kier molecular flexibility index (Phi) is 3.30. The Morgan fingerprint density at radius 1 is 1.50 bits per heavy atom. The molecule has 1 saturated heterocycles. The molecule has 5 heteroatoms. The molecule has 1 aliphatic rings. The molecule has 1 unspecified atom stereocenters. The largest absolute Gasteiger partial charge is 0.312 e. The molecule has 1 aromatic rings. The number of anilines is 1. The number of nitrogens with zero attached hydrogens (tertiary/aromatic N) is 1. The number of carbonyl (C=O) groups is 2. The molecular formula is C11H9BrClNO2. The molecule has 0 saturated carbocycles. The second kappa shape index (κ2) is 4.55. The maximum absolute atomic E-state index is 11.7. The van der Waals surface area contributed by atoms with E-state index in [2.05, 4.69) is 15.9 Å². The molecule has 3 nitrogen and oxygen atoms in total. The van der Waals surface area contributed by atoms with Crippen LogP contribution >= 0.6 is 27.5 Å². The van der Waals surface area contributed by atoms with E-state index in [0.29, 0.717) is 6.54 Å². The lowest BCUT2D eigenvalue weighted by atomic mass is 10.1. The minimum Gasteiger partial charge on any atom is -0.312 e. The van der Waals surface area contributed by atoms with Crippen LogP contribution in [0, 0.1) is 5.92 Å². The van der Waals surface area contributed by atoms with E-state index >= 15 is 0 Å². The molecule has 1 atom stereocenters. The van der Waals surface area contributed by atoms with Crippen LogP contribution in [0.5, 0.6) is 0 Å². The molecule has 0 bridgehead atoms. The highest BCUT2D eigenvalue weighted by atomic mass is 79.9. The van der Waals surface area contributed by atoms with Crippen molar-refractivity contribution in [2.24, 2.45) is 5.92 Å². The maximum Gasteiger partial charge on any atom is 0.227 e. The second-order valence-corrected chi connectivity index (χ2v) is 4.98. The van der Waals surface area contributed by atoms with Gasteiger partial charge in [0.2, 0.25) is 11.1 Å². The molecule has 16 heavy (non-hydrogen) atoms. The fourth-order valence-electron chi connectivity index (χ4n) is 1.75. The van der Waals surface area contributed by atoms with Crippen molar-refractivity contribution in [3.8, 4) is 0 Å². The molecule has 0 aromatic heterocycles. The monoisotopic (exact) mass is 301 g/mol. The van der Waals surface area contributed by atoms with Gasteiger partial charge in [-0.25, -0.2) is 0 Å². The lowest BCUT2D eigenvalue weighted by molar-refractivity contribution is -0.120. The summed E-state index contributed by atoms with van der Waals surface area (Å²) in [6.07, 6.45) is 0.203. The summed E-state index contributed by atoms with van der Waals surface area (Å²) in [7, 11) is 0. The van der Waals surface area contributed by atoms with Gasteiger partial charge in [-0.1, -0.05) is 22.0 Å². The average Bonchev–Trinajstić information content (AvgIpc) is 2.60. The zero-order chi connectivity index (χ0) is 11.7. The van der Waals surface area contributed by atoms with E-state index in [0.717, 1.165) is 10.2 Å². The number of halogens is 2. The number of carbonyl (C=O) groups excluding carboxylic acids is 2. The topological polar surface area (TPSA) is 37.4 Å². The van der Waals surface area contributed by atoms with Gasteiger partial charge in [-0.2, -0.15) is 0 Å². The standard InChI is InChI=1S/C11H9BrClNO2/c12-8-2-1-3-9(5-8)14-6-7(11(13)16)4-10(14)15/h1-3,5,7H,4,6H2. The minimum absolute atomic E-state index is 0.0582. The molecule has 0 N–H and O–H groups in total. The van der Waals surface area contributed by atoms with Crippen molar-refractivity contribution in [2.75, 3.05) is 11.4 Å². The lowest BCUT2D eigenvalue weighted by Gasteiger charge is -2.16. The van der Waals surface area contributed by atoms with Crippen molar-refractivity contribution in [3.63, 3.8) is 0 Å². The first-order chi connectivity index (χ1) is 7.58. The van der Waals surface area contributed by atoms with Crippen molar-refractivity contribution in [1.29, 1.82) is 0 Å². The Labute approximate surface area is 107 Å². The second-order valence-electron chi connectivity index (χ2n) is 3.69. The zero-order valence-electron chi connectivity index (χ0n) is 8.32. The molecule has 1 fully saturated rings. The molecule has 84 valence electrons. The van der Waals surface area contributed by atoms with Crippen LogP contribution in [0.3, 0.4) is 0 Å². The van der Waals surface area contributed by atoms with Crippen molar-refractivity contribution in [2.45, 2.75) is 6.42 Å². The van der Waals surface area contributed by atoms with E-state index in [4.69, 9.17) is 11.6 Å². The number of hydrogen-bond acceptors (Lipinski definition) is 2. The summed E-state index contributed by atoms with van der Waals surface area (Å²) in [5, 5.41) is -0.439. The van der Waals surface area contributed by atoms with Crippen LogP contribution in [0.2, 0.25) is 0 Å². The van der Waals surface area contributed by atoms with Crippen LogP contribution in [0.25, 0.3) is 0 Å². The van der Waals surface area contributed by atoms with Crippen LogP contribution in [-0.4, -0.2) is 17.7 Å². The lowest BCUT2D eigenvalue weighted by Crippen LogP contribution is -2.25. The molecule has 1 amide bonds. The van der Waals surface area contributed by atoms with Crippen LogP contribution in [0.4, 0.5) is 5.69 Å². The molecule has 0 radical (unpaired) electrons. The van der Waals surface area contributed by atoms with Gasteiger partial charge in [-0.3, -0.25) is 9.59 Å². The Morgan fingerprint density at radius 3 is 2.81 bits per heavy atom. The van der Waals surface area contributed by atoms with E-state index in [1.165, 1.54) is 0 Å². The molecular weight excluding hydrogens is 293 g/mol. The number of hydrogen-bond donors (Lipinski definition) is 0. The summed E-state index contributed by atoms with van der Waals surface area (Å²) >= 11 is 8.75. The molecule has 0 aliphatic carbocycles. The summed E-state index contributed by atoms with van der Waals surface area (Å²) in [5.41, 5.74) is 0.791. The smallest absolute Gasteiger partial charge is 0.227 e. The van der Waals surface area contributed by atoms with Gasteiger partial charge in [0.1, 0.15) is 0 Å². The van der Waals surface area contributed by atoms with Crippen molar-refractivity contribution >= 4 is 44.4 Å².